The molecule has 0 N–H and O–H groups in total. The number of hydrogen-bond acceptors (Lipinski definition) is 4. The quantitative estimate of drug-likeness (QED) is 0.332. The fourth-order valence-corrected chi connectivity index (χ4v) is 8.21. The van der Waals surface area contributed by atoms with Gasteiger partial charge in [0.2, 0.25) is 0 Å². The molecule has 14 heteroatoms. The van der Waals surface area contributed by atoms with Gasteiger partial charge in [0, 0.05) is 10.0 Å². The third-order valence-electron chi connectivity index (χ3n) is 4.08. The first-order chi connectivity index (χ1) is 14.8. The van der Waals surface area contributed by atoms with Crippen LogP contribution in [0.15, 0.2) is 76.1 Å². The molecule has 0 heterocycles. The Bertz CT molecular complexity index is 1250. The summed E-state index contributed by atoms with van der Waals surface area (Å²) in [6.45, 7) is 0. The molecule has 2 atom stereocenters. The molecule has 1 aliphatic rings. The van der Waals surface area contributed by atoms with Crippen molar-refractivity contribution in [3.63, 3.8) is 0 Å². The van der Waals surface area contributed by atoms with Crippen LogP contribution < -0.4 is 0 Å². The van der Waals surface area contributed by atoms with Crippen molar-refractivity contribution in [2.24, 2.45) is 8.80 Å². The number of allylic oxidation sites excluding steroid dienone is 2. The van der Waals surface area contributed by atoms with E-state index in [9.17, 15) is 16.8 Å². The van der Waals surface area contributed by atoms with Gasteiger partial charge in [0.15, 0.2) is 0 Å². The van der Waals surface area contributed by atoms with Crippen LogP contribution in [0.3, 0.4) is 0 Å². The van der Waals surface area contributed by atoms with Crippen LogP contribution >= 0.6 is 86.9 Å². The number of rotatable bonds is 4. The van der Waals surface area contributed by atoms with Crippen LogP contribution in [-0.4, -0.2) is 37.9 Å². The summed E-state index contributed by atoms with van der Waals surface area (Å²) in [5.74, 6) is 0. The van der Waals surface area contributed by atoms with Gasteiger partial charge in [0.1, 0.15) is 0 Å². The van der Waals surface area contributed by atoms with Gasteiger partial charge in [-0.15, -0.1) is 0 Å². The molecule has 32 heavy (non-hydrogen) atoms. The van der Waals surface area contributed by atoms with E-state index in [1.54, 1.807) is 0 Å². The Morgan fingerprint density at radius 1 is 0.625 bits per heavy atom. The fraction of sp³-hybridized carbons (Fsp3) is 0.111. The highest BCUT2D eigenvalue weighted by molar-refractivity contribution is 9.15. The molecule has 0 aliphatic heterocycles. The first-order valence-electron chi connectivity index (χ1n) is 8.38. The summed E-state index contributed by atoms with van der Waals surface area (Å²) in [4.78, 5) is -1.53. The maximum atomic E-state index is 12.8. The smallest absolute Gasteiger partial charge is 0.199 e. The molecule has 0 saturated heterocycles. The lowest BCUT2D eigenvalue weighted by Crippen LogP contribution is -2.37. The summed E-state index contributed by atoms with van der Waals surface area (Å²) in [6, 6.07) is 11.2. The molecule has 0 amide bonds. The van der Waals surface area contributed by atoms with E-state index in [2.05, 4.69) is 72.5 Å². The van der Waals surface area contributed by atoms with Crippen LogP contribution in [0.4, 0.5) is 0 Å². The third-order valence-corrected chi connectivity index (χ3v) is 12.0. The summed E-state index contributed by atoms with van der Waals surface area (Å²) in [5, 5.41) is 0.777. The monoisotopic (exact) mass is 768 g/mol. The predicted octanol–water partition coefficient (Wildman–Crippen LogP) is 6.50. The standard InChI is InChI=1S/C18H10Br4Cl2N2O4S2/c19-13-15(21)18(26-32(29,30)12-7-3-10(24)4-8-12)16(22)14(20)17(13)25-31(27,28)11-5-1-9(23)2-6-11/h1-8,13,15H/t13-,15-/m0/s1. The van der Waals surface area contributed by atoms with E-state index >= 15 is 0 Å². The molecule has 170 valence electrons. The summed E-state index contributed by atoms with van der Waals surface area (Å²) in [7, 11) is -8.13. The van der Waals surface area contributed by atoms with Gasteiger partial charge in [-0.3, -0.25) is 0 Å². The molecular formula is C18H10Br4Cl2N2O4S2. The zero-order valence-electron chi connectivity index (χ0n) is 15.4. The van der Waals surface area contributed by atoms with Gasteiger partial charge in [-0.25, -0.2) is 0 Å². The van der Waals surface area contributed by atoms with Crippen molar-refractivity contribution in [1.82, 2.24) is 0 Å². The van der Waals surface area contributed by atoms with Crippen molar-refractivity contribution in [2.45, 2.75) is 19.4 Å². The highest BCUT2D eigenvalue weighted by Gasteiger charge is 2.38. The molecule has 0 unspecified atom stereocenters. The first kappa shape index (κ1) is 26.5. The minimum atomic E-state index is -4.07. The van der Waals surface area contributed by atoms with Gasteiger partial charge >= 0.3 is 0 Å². The van der Waals surface area contributed by atoms with Crippen LogP contribution in [0, 0.1) is 0 Å². The molecular weight excluding hydrogens is 763 g/mol. The highest BCUT2D eigenvalue weighted by Crippen LogP contribution is 2.38. The maximum Gasteiger partial charge on any atom is 0.282 e. The van der Waals surface area contributed by atoms with Gasteiger partial charge in [-0.2, -0.15) is 25.6 Å². The van der Waals surface area contributed by atoms with Crippen LogP contribution in [0.25, 0.3) is 0 Å². The largest absolute Gasteiger partial charge is 0.282 e. The lowest BCUT2D eigenvalue weighted by molar-refractivity contribution is 0.596. The predicted molar refractivity (Wildman–Crippen MR) is 142 cm³/mol. The van der Waals surface area contributed by atoms with Gasteiger partial charge in [0.05, 0.1) is 39.8 Å². The number of halogens is 6. The van der Waals surface area contributed by atoms with Gasteiger partial charge < -0.3 is 0 Å². The van der Waals surface area contributed by atoms with Crippen LogP contribution in [0.1, 0.15) is 0 Å². The normalized spacial score (nSPS) is 22.6. The van der Waals surface area contributed by atoms with Crippen molar-refractivity contribution < 1.29 is 16.8 Å². The lowest BCUT2D eigenvalue weighted by atomic mass is 10.0. The number of benzene rings is 2. The molecule has 0 bridgehead atoms. The second-order valence-electron chi connectivity index (χ2n) is 6.24. The molecule has 6 nitrogen and oxygen atoms in total. The van der Waals surface area contributed by atoms with E-state index in [0.717, 1.165) is 0 Å². The average Bonchev–Trinajstić information content (AvgIpc) is 2.73. The van der Waals surface area contributed by atoms with Crippen molar-refractivity contribution in [2.75, 3.05) is 0 Å². The summed E-state index contributed by atoms with van der Waals surface area (Å²) in [5.41, 5.74) is 0.244. The molecule has 0 fully saturated rings. The number of nitrogens with zero attached hydrogens (tertiary/aromatic N) is 2. The maximum absolute atomic E-state index is 12.8. The van der Waals surface area contributed by atoms with E-state index in [1.807, 2.05) is 0 Å². The minimum Gasteiger partial charge on any atom is -0.199 e. The highest BCUT2D eigenvalue weighted by atomic mass is 79.9. The lowest BCUT2D eigenvalue weighted by Gasteiger charge is -2.26. The Balaban J connectivity index is 2.09. The van der Waals surface area contributed by atoms with Crippen LogP contribution in [0.5, 0.6) is 0 Å². The second-order valence-corrected chi connectivity index (χ2v) is 13.9. The summed E-state index contributed by atoms with van der Waals surface area (Å²) < 4.78 is 59.5. The first-order valence-corrected chi connectivity index (χ1v) is 15.4. The summed E-state index contributed by atoms with van der Waals surface area (Å²) >= 11 is 25.1. The Morgan fingerprint density at radius 3 is 1.19 bits per heavy atom. The second kappa shape index (κ2) is 10.3. The van der Waals surface area contributed by atoms with E-state index in [4.69, 9.17) is 23.2 Å². The SMILES string of the molecule is O=S(=O)(N=C1C(Br)=C(Br)C(=NS(=O)(=O)c2ccc(Cl)cc2)[C@@H](Br)[C@@H]1Br)c1ccc(Cl)cc1. The molecule has 0 spiro atoms. The van der Waals surface area contributed by atoms with E-state index in [0.29, 0.717) is 10.0 Å². The van der Waals surface area contributed by atoms with Crippen molar-refractivity contribution >= 4 is 118 Å². The van der Waals surface area contributed by atoms with E-state index in [-0.39, 0.29) is 30.2 Å². The Morgan fingerprint density at radius 2 is 0.906 bits per heavy atom. The number of hydrogen-bond donors (Lipinski definition) is 0. The van der Waals surface area contributed by atoms with Gasteiger partial charge in [0.25, 0.3) is 20.0 Å². The molecule has 2 aromatic rings. The van der Waals surface area contributed by atoms with Gasteiger partial charge in [-0.1, -0.05) is 55.1 Å². The molecule has 0 radical (unpaired) electrons. The molecule has 0 saturated carbocycles. The molecule has 0 aromatic heterocycles. The third kappa shape index (κ3) is 5.76. The summed E-state index contributed by atoms with van der Waals surface area (Å²) in [6.07, 6.45) is 0. The Labute approximate surface area is 228 Å². The Hall–Kier alpha value is -0.0800. The minimum absolute atomic E-state index is 0.0403. The fourth-order valence-electron chi connectivity index (χ4n) is 2.50. The van der Waals surface area contributed by atoms with E-state index in [1.165, 1.54) is 48.5 Å². The number of sulfonamides is 2. The van der Waals surface area contributed by atoms with Crippen molar-refractivity contribution in [3.05, 3.63) is 67.5 Å². The van der Waals surface area contributed by atoms with Crippen LogP contribution in [-0.2, 0) is 20.0 Å². The average molecular weight is 773 g/mol. The molecule has 3 rings (SSSR count). The van der Waals surface area contributed by atoms with Crippen LogP contribution in [0.2, 0.25) is 10.0 Å². The van der Waals surface area contributed by atoms with Crippen molar-refractivity contribution in [1.29, 1.82) is 0 Å². The zero-order chi connectivity index (χ0) is 23.8. The molecule has 1 aliphatic carbocycles. The number of alkyl halides is 2. The topological polar surface area (TPSA) is 93.0 Å². The zero-order valence-corrected chi connectivity index (χ0v) is 24.9. The molecule has 2 aromatic carbocycles. The van der Waals surface area contributed by atoms with Gasteiger partial charge in [-0.05, 0) is 80.4 Å². The van der Waals surface area contributed by atoms with Crippen molar-refractivity contribution in [3.8, 4) is 0 Å². The Kier molecular flexibility index (Phi) is 8.51. The van der Waals surface area contributed by atoms with E-state index < -0.39 is 29.7 Å².